The third-order valence-corrected chi connectivity index (χ3v) is 5.08. The molecule has 3 aromatic rings. The Kier molecular flexibility index (Phi) is 6.02. The molecular weight excluding hydrogens is 408 g/mol. The van der Waals surface area contributed by atoms with Crippen LogP contribution >= 0.6 is 0 Å². The van der Waals surface area contributed by atoms with Crippen LogP contribution in [0.3, 0.4) is 0 Å². The number of aryl methyl sites for hydroxylation is 1. The van der Waals surface area contributed by atoms with Gasteiger partial charge in [0.1, 0.15) is 11.4 Å². The molecule has 10 nitrogen and oxygen atoms in total. The maximum Gasteiger partial charge on any atom is 0.361 e. The van der Waals surface area contributed by atoms with Gasteiger partial charge in [0.2, 0.25) is 11.6 Å². The maximum absolute atomic E-state index is 12.6. The number of ether oxygens (including phenoxy) is 1. The molecule has 0 fully saturated rings. The van der Waals surface area contributed by atoms with E-state index in [2.05, 4.69) is 50.1 Å². The normalized spacial score (nSPS) is 13.8. The number of esters is 1. The predicted octanol–water partition coefficient (Wildman–Crippen LogP) is 2.79. The van der Waals surface area contributed by atoms with Crippen molar-refractivity contribution in [3.05, 3.63) is 48.2 Å². The number of aliphatic imine (C=N–C) groups is 1. The Labute approximate surface area is 185 Å². The SMILES string of the molecule is CCOC(=O)C1=Nn2c(nnc2-c2cnccn2)C1=Nc1ccc(N(CC)CC)cc1C. The van der Waals surface area contributed by atoms with Gasteiger partial charge in [-0.2, -0.15) is 9.78 Å². The van der Waals surface area contributed by atoms with E-state index < -0.39 is 5.97 Å². The Bertz CT molecular complexity index is 1200. The van der Waals surface area contributed by atoms with Crippen LogP contribution in [0.4, 0.5) is 11.4 Å². The molecule has 0 spiro atoms. The van der Waals surface area contributed by atoms with Crippen molar-refractivity contribution in [2.24, 2.45) is 10.1 Å². The van der Waals surface area contributed by atoms with Gasteiger partial charge in [0, 0.05) is 31.2 Å². The van der Waals surface area contributed by atoms with E-state index in [1.54, 1.807) is 25.5 Å². The fourth-order valence-corrected chi connectivity index (χ4v) is 3.46. The molecule has 1 aromatic carbocycles. The summed E-state index contributed by atoms with van der Waals surface area (Å²) < 4.78 is 6.66. The lowest BCUT2D eigenvalue weighted by Gasteiger charge is -2.21. The molecule has 0 aliphatic carbocycles. The molecule has 0 amide bonds. The van der Waals surface area contributed by atoms with Gasteiger partial charge in [-0.25, -0.2) is 14.8 Å². The highest BCUT2D eigenvalue weighted by Crippen LogP contribution is 2.28. The van der Waals surface area contributed by atoms with Crippen molar-refractivity contribution in [2.75, 3.05) is 24.6 Å². The molecule has 164 valence electrons. The van der Waals surface area contributed by atoms with E-state index in [0.717, 1.165) is 24.3 Å². The molecule has 1 aliphatic heterocycles. The molecule has 0 atom stereocenters. The molecule has 0 saturated heterocycles. The molecule has 2 aromatic heterocycles. The number of hydrogen-bond donors (Lipinski definition) is 0. The lowest BCUT2D eigenvalue weighted by molar-refractivity contribution is -0.134. The van der Waals surface area contributed by atoms with E-state index in [1.165, 1.54) is 4.68 Å². The highest BCUT2D eigenvalue weighted by molar-refractivity contribution is 6.69. The van der Waals surface area contributed by atoms with Crippen LogP contribution in [0.15, 0.2) is 46.9 Å². The average molecular weight is 432 g/mol. The lowest BCUT2D eigenvalue weighted by atomic mass is 10.1. The number of fused-ring (bicyclic) bond motifs is 1. The Balaban J connectivity index is 1.80. The van der Waals surface area contributed by atoms with Gasteiger partial charge in [-0.05, 0) is 51.5 Å². The Morgan fingerprint density at radius 3 is 2.56 bits per heavy atom. The van der Waals surface area contributed by atoms with Gasteiger partial charge in [-0.3, -0.25) is 4.98 Å². The van der Waals surface area contributed by atoms with Crippen LogP contribution < -0.4 is 4.90 Å². The average Bonchev–Trinajstić information content (AvgIpc) is 3.37. The number of carbonyl (C=O) groups excluding carboxylic acids is 1. The monoisotopic (exact) mass is 432 g/mol. The van der Waals surface area contributed by atoms with E-state index in [1.807, 2.05) is 19.1 Å². The zero-order valence-electron chi connectivity index (χ0n) is 18.5. The molecule has 0 unspecified atom stereocenters. The Hall–Kier alpha value is -3.95. The highest BCUT2D eigenvalue weighted by atomic mass is 16.5. The minimum atomic E-state index is -0.570. The number of anilines is 1. The first-order chi connectivity index (χ1) is 15.6. The molecule has 0 saturated carbocycles. The summed E-state index contributed by atoms with van der Waals surface area (Å²) in [4.78, 5) is 28.0. The van der Waals surface area contributed by atoms with E-state index in [9.17, 15) is 4.79 Å². The second-order valence-corrected chi connectivity index (χ2v) is 7.02. The fraction of sp³-hybridized carbons (Fsp3) is 0.318. The number of rotatable bonds is 7. The van der Waals surface area contributed by atoms with E-state index in [0.29, 0.717) is 28.7 Å². The minimum Gasteiger partial charge on any atom is -0.461 e. The van der Waals surface area contributed by atoms with Gasteiger partial charge in [0.25, 0.3) is 0 Å². The summed E-state index contributed by atoms with van der Waals surface area (Å²) in [6, 6.07) is 6.03. The number of nitrogens with zero attached hydrogens (tertiary/aromatic N) is 8. The lowest BCUT2D eigenvalue weighted by Crippen LogP contribution is -2.25. The van der Waals surface area contributed by atoms with E-state index >= 15 is 0 Å². The van der Waals surface area contributed by atoms with Crippen molar-refractivity contribution in [3.8, 4) is 11.5 Å². The second kappa shape index (κ2) is 9.04. The summed E-state index contributed by atoms with van der Waals surface area (Å²) in [5.74, 6) is 0.147. The van der Waals surface area contributed by atoms with Gasteiger partial charge < -0.3 is 9.64 Å². The van der Waals surface area contributed by atoms with E-state index in [4.69, 9.17) is 9.73 Å². The number of benzene rings is 1. The largest absolute Gasteiger partial charge is 0.461 e. The summed E-state index contributed by atoms with van der Waals surface area (Å²) in [6.07, 6.45) is 4.68. The fourth-order valence-electron chi connectivity index (χ4n) is 3.46. The summed E-state index contributed by atoms with van der Waals surface area (Å²) >= 11 is 0. The quantitative estimate of drug-likeness (QED) is 0.528. The van der Waals surface area contributed by atoms with Gasteiger partial charge in [0.15, 0.2) is 5.71 Å². The van der Waals surface area contributed by atoms with Crippen molar-refractivity contribution in [1.82, 2.24) is 24.8 Å². The summed E-state index contributed by atoms with van der Waals surface area (Å²) in [5.41, 5.74) is 3.68. The molecular formula is C22H24N8O2. The van der Waals surface area contributed by atoms with Crippen LogP contribution in [0.1, 0.15) is 32.2 Å². The van der Waals surface area contributed by atoms with Crippen molar-refractivity contribution < 1.29 is 9.53 Å². The topological polar surface area (TPSA) is 111 Å². The van der Waals surface area contributed by atoms with Crippen LogP contribution in [-0.4, -0.2) is 61.9 Å². The third-order valence-electron chi connectivity index (χ3n) is 5.08. The number of carbonyl (C=O) groups is 1. The molecule has 3 heterocycles. The van der Waals surface area contributed by atoms with Gasteiger partial charge in [0.05, 0.1) is 18.5 Å². The van der Waals surface area contributed by atoms with Crippen LogP contribution in [0.25, 0.3) is 11.5 Å². The summed E-state index contributed by atoms with van der Waals surface area (Å²) in [5, 5.41) is 12.8. The molecule has 10 heteroatoms. The second-order valence-electron chi connectivity index (χ2n) is 7.02. The number of aromatic nitrogens is 5. The minimum absolute atomic E-state index is 0.0779. The van der Waals surface area contributed by atoms with Crippen LogP contribution in [0.5, 0.6) is 0 Å². The zero-order valence-corrected chi connectivity index (χ0v) is 18.5. The van der Waals surface area contributed by atoms with Gasteiger partial charge >= 0.3 is 5.97 Å². The predicted molar refractivity (Wildman–Crippen MR) is 121 cm³/mol. The van der Waals surface area contributed by atoms with Crippen molar-refractivity contribution in [3.63, 3.8) is 0 Å². The molecule has 32 heavy (non-hydrogen) atoms. The zero-order chi connectivity index (χ0) is 22.7. The molecule has 0 radical (unpaired) electrons. The first kappa shape index (κ1) is 21.3. The first-order valence-corrected chi connectivity index (χ1v) is 10.5. The van der Waals surface area contributed by atoms with Crippen molar-refractivity contribution >= 4 is 28.8 Å². The van der Waals surface area contributed by atoms with Gasteiger partial charge in [-0.15, -0.1) is 10.2 Å². The van der Waals surface area contributed by atoms with Gasteiger partial charge in [-0.1, -0.05) is 0 Å². The number of hydrogen-bond acceptors (Lipinski definition) is 9. The molecule has 0 bridgehead atoms. The first-order valence-electron chi connectivity index (χ1n) is 10.5. The smallest absolute Gasteiger partial charge is 0.361 e. The molecule has 0 N–H and O–H groups in total. The summed E-state index contributed by atoms with van der Waals surface area (Å²) in [6.45, 7) is 10.0. The van der Waals surface area contributed by atoms with Crippen LogP contribution in [0, 0.1) is 6.92 Å². The molecule has 1 aliphatic rings. The van der Waals surface area contributed by atoms with Crippen molar-refractivity contribution in [2.45, 2.75) is 27.7 Å². The van der Waals surface area contributed by atoms with Crippen LogP contribution in [-0.2, 0) is 9.53 Å². The third kappa shape index (κ3) is 3.86. The van der Waals surface area contributed by atoms with Crippen LogP contribution in [0.2, 0.25) is 0 Å². The summed E-state index contributed by atoms with van der Waals surface area (Å²) in [7, 11) is 0. The Morgan fingerprint density at radius 2 is 1.91 bits per heavy atom. The standard InChI is InChI=1S/C22H24N8O2/c1-5-29(6-2)15-8-9-16(14(4)12-15)25-18-19(22(31)32-7-3)28-30-20(26-27-21(18)30)17-13-23-10-11-24-17/h8-13H,5-7H2,1-4H3. The maximum atomic E-state index is 12.6. The molecule has 4 rings (SSSR count). The highest BCUT2D eigenvalue weighted by Gasteiger charge is 2.34. The Morgan fingerprint density at radius 1 is 1.12 bits per heavy atom. The van der Waals surface area contributed by atoms with E-state index in [-0.39, 0.29) is 12.3 Å². The van der Waals surface area contributed by atoms with Crippen molar-refractivity contribution in [1.29, 1.82) is 0 Å².